The third-order valence-electron chi connectivity index (χ3n) is 3.80. The SMILES string of the molecule is O=S(=O)(CC1CCCNC1)NCCN1CCCC1. The second kappa shape index (κ2) is 6.84. The third-order valence-corrected chi connectivity index (χ3v) is 5.36. The number of hydrogen-bond acceptors (Lipinski definition) is 4. The number of piperidine rings is 1. The van der Waals surface area contributed by atoms with Gasteiger partial charge in [0.2, 0.25) is 10.0 Å². The van der Waals surface area contributed by atoms with Crippen molar-refractivity contribution in [2.24, 2.45) is 5.92 Å². The Kier molecular flexibility index (Phi) is 5.41. The second-order valence-corrected chi connectivity index (χ2v) is 7.29. The Morgan fingerprint density at radius 2 is 2.00 bits per heavy atom. The van der Waals surface area contributed by atoms with E-state index in [2.05, 4.69) is 14.9 Å². The monoisotopic (exact) mass is 275 g/mol. The van der Waals surface area contributed by atoms with Crippen LogP contribution in [0.1, 0.15) is 25.7 Å². The highest BCUT2D eigenvalue weighted by molar-refractivity contribution is 7.89. The molecule has 18 heavy (non-hydrogen) atoms. The minimum absolute atomic E-state index is 0.278. The van der Waals surface area contributed by atoms with Gasteiger partial charge >= 0.3 is 0 Å². The molecule has 2 saturated heterocycles. The van der Waals surface area contributed by atoms with Gasteiger partial charge in [0, 0.05) is 13.1 Å². The van der Waals surface area contributed by atoms with E-state index in [0.717, 1.165) is 45.6 Å². The van der Waals surface area contributed by atoms with Crippen LogP contribution in [-0.4, -0.2) is 58.3 Å². The van der Waals surface area contributed by atoms with Crippen LogP contribution in [0.4, 0.5) is 0 Å². The zero-order valence-corrected chi connectivity index (χ0v) is 11.8. The standard InChI is InChI=1S/C12H25N3O2S/c16-18(17,11-12-4-3-5-13-10-12)14-6-9-15-7-1-2-8-15/h12-14H,1-11H2. The number of nitrogens with one attached hydrogen (secondary N) is 2. The molecular formula is C12H25N3O2S. The minimum atomic E-state index is -3.09. The Labute approximate surface area is 110 Å². The molecule has 2 aliphatic heterocycles. The quantitative estimate of drug-likeness (QED) is 0.716. The van der Waals surface area contributed by atoms with Gasteiger partial charge in [-0.1, -0.05) is 0 Å². The molecule has 2 heterocycles. The molecule has 0 aromatic rings. The molecule has 0 spiro atoms. The molecule has 0 radical (unpaired) electrons. The van der Waals surface area contributed by atoms with Gasteiger partial charge in [-0.15, -0.1) is 0 Å². The number of hydrogen-bond donors (Lipinski definition) is 2. The summed E-state index contributed by atoms with van der Waals surface area (Å²) in [6.07, 6.45) is 4.62. The summed E-state index contributed by atoms with van der Waals surface area (Å²) in [5.74, 6) is 0.558. The fourth-order valence-electron chi connectivity index (χ4n) is 2.80. The number of sulfonamides is 1. The average molecular weight is 275 g/mol. The van der Waals surface area contributed by atoms with Crippen LogP contribution in [0.2, 0.25) is 0 Å². The van der Waals surface area contributed by atoms with Crippen molar-refractivity contribution in [1.82, 2.24) is 14.9 Å². The van der Waals surface area contributed by atoms with Gasteiger partial charge in [-0.25, -0.2) is 13.1 Å². The Balaban J connectivity index is 1.66. The van der Waals surface area contributed by atoms with Crippen molar-refractivity contribution in [1.29, 1.82) is 0 Å². The van der Waals surface area contributed by atoms with Gasteiger partial charge in [-0.3, -0.25) is 0 Å². The number of rotatable bonds is 6. The molecule has 5 nitrogen and oxygen atoms in total. The lowest BCUT2D eigenvalue weighted by molar-refractivity contribution is 0.343. The molecule has 2 fully saturated rings. The fourth-order valence-corrected chi connectivity index (χ4v) is 4.23. The van der Waals surface area contributed by atoms with Gasteiger partial charge < -0.3 is 10.2 Å². The van der Waals surface area contributed by atoms with Crippen LogP contribution < -0.4 is 10.0 Å². The highest BCUT2D eigenvalue weighted by Gasteiger charge is 2.21. The molecule has 2 aliphatic rings. The maximum absolute atomic E-state index is 11.9. The van der Waals surface area contributed by atoms with Crippen LogP contribution in [0.25, 0.3) is 0 Å². The Hall–Kier alpha value is -0.170. The first-order valence-electron chi connectivity index (χ1n) is 7.06. The van der Waals surface area contributed by atoms with Crippen molar-refractivity contribution in [2.45, 2.75) is 25.7 Å². The van der Waals surface area contributed by atoms with Gasteiger partial charge in [0.25, 0.3) is 0 Å². The van der Waals surface area contributed by atoms with Crippen molar-refractivity contribution in [3.05, 3.63) is 0 Å². The van der Waals surface area contributed by atoms with Crippen LogP contribution >= 0.6 is 0 Å². The highest BCUT2D eigenvalue weighted by Crippen LogP contribution is 2.12. The van der Waals surface area contributed by atoms with E-state index < -0.39 is 10.0 Å². The molecule has 1 unspecified atom stereocenters. The van der Waals surface area contributed by atoms with Gasteiger partial charge in [0.1, 0.15) is 0 Å². The van der Waals surface area contributed by atoms with E-state index in [9.17, 15) is 8.42 Å². The normalized spacial score (nSPS) is 26.6. The first-order chi connectivity index (χ1) is 8.66. The van der Waals surface area contributed by atoms with E-state index in [4.69, 9.17) is 0 Å². The zero-order chi connectivity index (χ0) is 12.8. The first kappa shape index (κ1) is 14.2. The molecule has 1 atom stereocenters. The van der Waals surface area contributed by atoms with E-state index in [1.54, 1.807) is 0 Å². The third kappa shape index (κ3) is 4.84. The topological polar surface area (TPSA) is 61.4 Å². The first-order valence-corrected chi connectivity index (χ1v) is 8.71. The maximum Gasteiger partial charge on any atom is 0.211 e. The Morgan fingerprint density at radius 1 is 1.22 bits per heavy atom. The van der Waals surface area contributed by atoms with Crippen molar-refractivity contribution in [2.75, 3.05) is 45.0 Å². The maximum atomic E-state index is 11.9. The summed E-state index contributed by atoms with van der Waals surface area (Å²) in [7, 11) is -3.09. The van der Waals surface area contributed by atoms with Crippen LogP contribution in [-0.2, 0) is 10.0 Å². The van der Waals surface area contributed by atoms with Crippen molar-refractivity contribution in [3.8, 4) is 0 Å². The molecule has 2 N–H and O–H groups in total. The average Bonchev–Trinajstić information content (AvgIpc) is 2.82. The highest BCUT2D eigenvalue weighted by atomic mass is 32.2. The molecule has 2 rings (SSSR count). The van der Waals surface area contributed by atoms with Crippen LogP contribution in [0.3, 0.4) is 0 Å². The van der Waals surface area contributed by atoms with Gasteiger partial charge in [0.05, 0.1) is 5.75 Å². The summed E-state index contributed by atoms with van der Waals surface area (Å²) in [5, 5.41) is 3.26. The molecule has 6 heteroatoms. The van der Waals surface area contributed by atoms with E-state index in [1.165, 1.54) is 12.8 Å². The summed E-state index contributed by atoms with van der Waals surface area (Å²) in [6.45, 7) is 5.51. The molecule has 0 aliphatic carbocycles. The summed E-state index contributed by atoms with van der Waals surface area (Å²) < 4.78 is 26.6. The Bertz CT molecular complexity index is 333. The molecule has 106 valence electrons. The van der Waals surface area contributed by atoms with E-state index in [0.29, 0.717) is 6.54 Å². The number of nitrogens with zero attached hydrogens (tertiary/aromatic N) is 1. The van der Waals surface area contributed by atoms with E-state index >= 15 is 0 Å². The molecule has 0 aromatic heterocycles. The lowest BCUT2D eigenvalue weighted by Gasteiger charge is -2.23. The molecule has 0 saturated carbocycles. The predicted molar refractivity (Wildman–Crippen MR) is 73.1 cm³/mol. The Morgan fingerprint density at radius 3 is 2.67 bits per heavy atom. The molecule has 0 aromatic carbocycles. The summed E-state index contributed by atoms with van der Waals surface area (Å²) >= 11 is 0. The smallest absolute Gasteiger partial charge is 0.211 e. The van der Waals surface area contributed by atoms with Crippen molar-refractivity contribution < 1.29 is 8.42 Å². The fraction of sp³-hybridized carbons (Fsp3) is 1.00. The predicted octanol–water partition coefficient (Wildman–Crippen LogP) is 0.00120. The minimum Gasteiger partial charge on any atom is -0.316 e. The second-order valence-electron chi connectivity index (χ2n) is 5.44. The van der Waals surface area contributed by atoms with Crippen LogP contribution in [0.5, 0.6) is 0 Å². The largest absolute Gasteiger partial charge is 0.316 e. The van der Waals surface area contributed by atoms with Crippen LogP contribution in [0.15, 0.2) is 0 Å². The van der Waals surface area contributed by atoms with Gasteiger partial charge in [-0.2, -0.15) is 0 Å². The molecular weight excluding hydrogens is 250 g/mol. The van der Waals surface area contributed by atoms with E-state index in [-0.39, 0.29) is 11.7 Å². The molecule has 0 bridgehead atoms. The van der Waals surface area contributed by atoms with Crippen molar-refractivity contribution in [3.63, 3.8) is 0 Å². The molecule has 0 amide bonds. The van der Waals surface area contributed by atoms with E-state index in [1.807, 2.05) is 0 Å². The summed E-state index contributed by atoms with van der Waals surface area (Å²) in [5.41, 5.74) is 0. The van der Waals surface area contributed by atoms with Crippen molar-refractivity contribution >= 4 is 10.0 Å². The van der Waals surface area contributed by atoms with Gasteiger partial charge in [-0.05, 0) is 57.8 Å². The zero-order valence-electron chi connectivity index (χ0n) is 11.0. The lowest BCUT2D eigenvalue weighted by atomic mass is 10.0. The van der Waals surface area contributed by atoms with Crippen LogP contribution in [0, 0.1) is 5.92 Å². The number of likely N-dealkylation sites (tertiary alicyclic amines) is 1. The lowest BCUT2D eigenvalue weighted by Crippen LogP contribution is -2.39. The summed E-state index contributed by atoms with van der Waals surface area (Å²) in [6, 6.07) is 0. The summed E-state index contributed by atoms with van der Waals surface area (Å²) in [4.78, 5) is 2.32. The van der Waals surface area contributed by atoms with Gasteiger partial charge in [0.15, 0.2) is 0 Å².